The van der Waals surface area contributed by atoms with Crippen molar-refractivity contribution in [3.63, 3.8) is 0 Å². The largest absolute Gasteiger partial charge is 0.481 e. The quantitative estimate of drug-likeness (QED) is 0.390. The summed E-state index contributed by atoms with van der Waals surface area (Å²) in [7, 11) is 0. The second-order valence-electron chi connectivity index (χ2n) is 9.04. The Morgan fingerprint density at radius 1 is 1.15 bits per heavy atom. The second kappa shape index (κ2) is 12.5. The van der Waals surface area contributed by atoms with Crippen molar-refractivity contribution in [1.82, 2.24) is 9.80 Å². The lowest BCUT2D eigenvalue weighted by molar-refractivity contribution is -0.138. The van der Waals surface area contributed by atoms with Gasteiger partial charge in [-0.2, -0.15) is 12.6 Å². The molecule has 0 bridgehead atoms. The minimum absolute atomic E-state index is 0. The van der Waals surface area contributed by atoms with Crippen LogP contribution in [0.5, 0.6) is 0 Å². The van der Waals surface area contributed by atoms with Crippen LogP contribution in [-0.2, 0) is 9.59 Å². The highest BCUT2D eigenvalue weighted by molar-refractivity contribution is 7.81. The first-order chi connectivity index (χ1) is 14.9. The summed E-state index contributed by atoms with van der Waals surface area (Å²) >= 11 is 4.77. The molecule has 1 aliphatic carbocycles. The first kappa shape index (κ1) is 28.1. The Morgan fingerprint density at radius 2 is 1.88 bits per heavy atom. The van der Waals surface area contributed by atoms with E-state index in [1.807, 2.05) is 0 Å². The van der Waals surface area contributed by atoms with Crippen LogP contribution in [0.1, 0.15) is 50.1 Å². The van der Waals surface area contributed by atoms with Gasteiger partial charge in [0.2, 0.25) is 0 Å². The Labute approximate surface area is 213 Å². The van der Waals surface area contributed by atoms with Crippen LogP contribution in [0.15, 0.2) is 35.9 Å². The number of hydrogen-bond acceptors (Lipinski definition) is 5. The summed E-state index contributed by atoms with van der Waals surface area (Å²) in [5.41, 5.74) is 1.61. The molecule has 3 atom stereocenters. The molecule has 3 aliphatic rings. The van der Waals surface area contributed by atoms with Crippen LogP contribution in [0.4, 0.5) is 4.39 Å². The number of carbonyl (C=O) groups is 2. The summed E-state index contributed by atoms with van der Waals surface area (Å²) < 4.78 is 14.6. The van der Waals surface area contributed by atoms with Crippen molar-refractivity contribution in [2.75, 3.05) is 26.2 Å². The summed E-state index contributed by atoms with van der Waals surface area (Å²) in [5, 5.41) is 9.26. The Kier molecular flexibility index (Phi) is 10.7. The lowest BCUT2D eigenvalue weighted by Gasteiger charge is -2.38. The van der Waals surface area contributed by atoms with Gasteiger partial charge >= 0.3 is 5.97 Å². The van der Waals surface area contributed by atoms with Gasteiger partial charge in [0, 0.05) is 42.4 Å². The van der Waals surface area contributed by atoms with E-state index in [9.17, 15) is 14.0 Å². The van der Waals surface area contributed by atoms with Crippen LogP contribution in [0.25, 0.3) is 0 Å². The van der Waals surface area contributed by atoms with Gasteiger partial charge in [-0.1, -0.05) is 24.3 Å². The summed E-state index contributed by atoms with van der Waals surface area (Å²) in [6.45, 7) is 2.89. The zero-order valence-electron chi connectivity index (χ0n) is 18.6. The molecule has 3 fully saturated rings. The fourth-order valence-electron chi connectivity index (χ4n) is 4.93. The molecule has 1 aromatic carbocycles. The van der Waals surface area contributed by atoms with E-state index in [4.69, 9.17) is 17.7 Å². The van der Waals surface area contributed by atoms with Gasteiger partial charge in [-0.05, 0) is 50.3 Å². The maximum Gasteiger partial charge on any atom is 0.304 e. The number of Topliss-reactive ketones (excluding diaryl/α,β-unsaturated/α-hetero) is 1. The molecule has 2 aliphatic heterocycles. The molecular formula is C24H33Cl2FN2O3S. The third kappa shape index (κ3) is 6.95. The molecule has 4 rings (SSSR count). The van der Waals surface area contributed by atoms with E-state index >= 15 is 0 Å². The van der Waals surface area contributed by atoms with Gasteiger partial charge in [0.1, 0.15) is 5.82 Å². The van der Waals surface area contributed by atoms with Gasteiger partial charge in [0.05, 0.1) is 12.5 Å². The molecule has 0 aromatic heterocycles. The number of ketones is 1. The van der Waals surface area contributed by atoms with Gasteiger partial charge < -0.3 is 5.11 Å². The monoisotopic (exact) mass is 518 g/mol. The second-order valence-corrected chi connectivity index (χ2v) is 9.67. The number of nitrogens with zero attached hydrogens (tertiary/aromatic N) is 2. The van der Waals surface area contributed by atoms with E-state index < -0.39 is 12.0 Å². The average molecular weight is 520 g/mol. The number of carbonyl (C=O) groups excluding carboxylic acids is 1. The number of carboxylic acid groups (broad SMARTS) is 1. The number of halogens is 3. The smallest absolute Gasteiger partial charge is 0.304 e. The Hall–Kier alpha value is -1.12. The average Bonchev–Trinajstić information content (AvgIpc) is 3.50. The standard InChI is InChI=1S/C24H31FN2O3S.2ClH/c25-20-6-2-1-5-19(20)23(24(30)16-7-8-16)27-13-10-21(31)17(15-27)9-12-26-11-3-4-18(26)14-22(28)29;;/h1-2,5-6,9,16,18,21,23,31H,3-4,7-8,10-15H2,(H,28,29);2*1H/t18-,21?,23?;;/m0../s1. The molecule has 33 heavy (non-hydrogen) atoms. The molecule has 2 saturated heterocycles. The van der Waals surface area contributed by atoms with Crippen molar-refractivity contribution in [3.05, 3.63) is 47.3 Å². The number of piperidine rings is 1. The van der Waals surface area contributed by atoms with Crippen molar-refractivity contribution in [2.24, 2.45) is 5.92 Å². The van der Waals surface area contributed by atoms with Crippen LogP contribution >= 0.6 is 37.4 Å². The van der Waals surface area contributed by atoms with Crippen molar-refractivity contribution in [1.29, 1.82) is 0 Å². The number of likely N-dealkylation sites (tertiary alicyclic amines) is 2. The molecule has 184 valence electrons. The molecule has 1 aromatic rings. The van der Waals surface area contributed by atoms with Gasteiger partial charge in [-0.3, -0.25) is 19.4 Å². The fraction of sp³-hybridized carbons (Fsp3) is 0.583. The van der Waals surface area contributed by atoms with Crippen LogP contribution in [0.2, 0.25) is 0 Å². The predicted octanol–water partition coefficient (Wildman–Crippen LogP) is 4.56. The molecule has 9 heteroatoms. The van der Waals surface area contributed by atoms with E-state index in [0.29, 0.717) is 25.2 Å². The van der Waals surface area contributed by atoms with E-state index in [0.717, 1.165) is 44.2 Å². The zero-order chi connectivity index (χ0) is 22.0. The van der Waals surface area contributed by atoms with Crippen LogP contribution in [0, 0.1) is 11.7 Å². The lowest BCUT2D eigenvalue weighted by atomic mass is 9.93. The topological polar surface area (TPSA) is 60.9 Å². The fourth-order valence-corrected chi connectivity index (χ4v) is 5.24. The molecule has 0 spiro atoms. The first-order valence-corrected chi connectivity index (χ1v) is 11.8. The minimum Gasteiger partial charge on any atom is -0.481 e. The molecule has 2 unspecified atom stereocenters. The third-order valence-corrected chi connectivity index (χ3v) is 7.40. The molecule has 2 heterocycles. The summed E-state index contributed by atoms with van der Waals surface area (Å²) in [6.07, 6.45) is 6.86. The van der Waals surface area contributed by atoms with Gasteiger partial charge in [0.15, 0.2) is 5.78 Å². The molecular weight excluding hydrogens is 486 g/mol. The number of aliphatic carboxylic acids is 1. The maximum absolute atomic E-state index is 14.6. The van der Waals surface area contributed by atoms with E-state index in [-0.39, 0.29) is 60.0 Å². The lowest BCUT2D eigenvalue weighted by Crippen LogP contribution is -2.43. The molecule has 0 amide bonds. The Bertz CT molecular complexity index is 868. The van der Waals surface area contributed by atoms with E-state index in [1.54, 1.807) is 18.2 Å². The summed E-state index contributed by atoms with van der Waals surface area (Å²) in [5.74, 6) is -0.907. The minimum atomic E-state index is -0.758. The first-order valence-electron chi connectivity index (χ1n) is 11.3. The number of benzene rings is 1. The van der Waals surface area contributed by atoms with Gasteiger partial charge in [0.25, 0.3) is 0 Å². The highest BCUT2D eigenvalue weighted by atomic mass is 35.5. The highest BCUT2D eigenvalue weighted by Gasteiger charge is 2.41. The SMILES string of the molecule is Cl.Cl.O=C(O)C[C@@H]1CCCN1CC=C1CN(C(C(=O)C2CC2)c2ccccc2F)CCC1S. The third-order valence-electron chi connectivity index (χ3n) is 6.81. The van der Waals surface area contributed by atoms with Crippen LogP contribution < -0.4 is 0 Å². The van der Waals surface area contributed by atoms with Gasteiger partial charge in [-0.15, -0.1) is 24.8 Å². The Balaban J connectivity index is 0.00000193. The van der Waals surface area contributed by atoms with Crippen LogP contribution in [-0.4, -0.2) is 64.1 Å². The summed E-state index contributed by atoms with van der Waals surface area (Å²) in [4.78, 5) is 28.6. The number of thiol groups is 1. The zero-order valence-corrected chi connectivity index (χ0v) is 21.1. The van der Waals surface area contributed by atoms with Crippen LogP contribution in [0.3, 0.4) is 0 Å². The molecule has 1 saturated carbocycles. The molecule has 5 nitrogen and oxygen atoms in total. The van der Waals surface area contributed by atoms with E-state index in [2.05, 4.69) is 15.9 Å². The van der Waals surface area contributed by atoms with Crippen molar-refractivity contribution >= 4 is 49.2 Å². The van der Waals surface area contributed by atoms with Gasteiger partial charge in [-0.25, -0.2) is 4.39 Å². The van der Waals surface area contributed by atoms with Crippen molar-refractivity contribution < 1.29 is 19.1 Å². The molecule has 1 N–H and O–H groups in total. The molecule has 0 radical (unpaired) electrons. The van der Waals surface area contributed by atoms with Crippen molar-refractivity contribution in [2.45, 2.75) is 55.9 Å². The van der Waals surface area contributed by atoms with Crippen molar-refractivity contribution in [3.8, 4) is 0 Å². The Morgan fingerprint density at radius 3 is 2.55 bits per heavy atom. The number of carboxylic acids is 1. The number of hydrogen-bond donors (Lipinski definition) is 2. The predicted molar refractivity (Wildman–Crippen MR) is 135 cm³/mol. The maximum atomic E-state index is 14.6. The highest BCUT2D eigenvalue weighted by Crippen LogP contribution is 2.39. The normalized spacial score (nSPS) is 25.8. The number of rotatable bonds is 8. The van der Waals surface area contributed by atoms with E-state index in [1.165, 1.54) is 6.07 Å². The summed E-state index contributed by atoms with van der Waals surface area (Å²) in [6, 6.07) is 6.15.